The van der Waals surface area contributed by atoms with Crippen LogP contribution in [0.2, 0.25) is 0 Å². The summed E-state index contributed by atoms with van der Waals surface area (Å²) in [6.45, 7) is 6.61. The summed E-state index contributed by atoms with van der Waals surface area (Å²) in [5, 5.41) is 0. The summed E-state index contributed by atoms with van der Waals surface area (Å²) in [5.74, 6) is 7.26. The Kier molecular flexibility index (Phi) is 5.22. The zero-order chi connectivity index (χ0) is 12.2. The quantitative estimate of drug-likeness (QED) is 0.561. The van der Waals surface area contributed by atoms with E-state index in [1.54, 1.807) is 7.11 Å². The van der Waals surface area contributed by atoms with E-state index < -0.39 is 0 Å². The zero-order valence-corrected chi connectivity index (χ0v) is 11.3. The highest BCUT2D eigenvalue weighted by Gasteiger charge is 2.30. The smallest absolute Gasteiger partial charge is 0.0638 e. The van der Waals surface area contributed by atoms with Gasteiger partial charge in [-0.25, -0.2) is 0 Å². The minimum Gasteiger partial charge on any atom is -0.379 e. The average molecular weight is 228 g/mol. The highest BCUT2D eigenvalue weighted by molar-refractivity contribution is 4.85. The molecule has 0 heterocycles. The van der Waals surface area contributed by atoms with E-state index in [0.29, 0.717) is 12.0 Å². The van der Waals surface area contributed by atoms with Crippen LogP contribution in [-0.4, -0.2) is 18.8 Å². The first-order chi connectivity index (χ1) is 7.48. The molecule has 16 heavy (non-hydrogen) atoms. The van der Waals surface area contributed by atoms with Gasteiger partial charge in [-0.2, -0.15) is 0 Å². The fraction of sp³-hybridized carbons (Fsp3) is 1.00. The van der Waals surface area contributed by atoms with E-state index in [4.69, 9.17) is 10.6 Å². The van der Waals surface area contributed by atoms with E-state index >= 15 is 0 Å². The first kappa shape index (κ1) is 13.9. The lowest BCUT2D eigenvalue weighted by Gasteiger charge is -2.36. The zero-order valence-electron chi connectivity index (χ0n) is 11.3. The first-order valence-corrected chi connectivity index (χ1v) is 6.50. The largest absolute Gasteiger partial charge is 0.379 e. The van der Waals surface area contributed by atoms with E-state index in [0.717, 1.165) is 12.3 Å². The number of rotatable bonds is 5. The highest BCUT2D eigenvalue weighted by atomic mass is 16.5. The van der Waals surface area contributed by atoms with Crippen LogP contribution in [0.1, 0.15) is 52.9 Å². The van der Waals surface area contributed by atoms with Crippen LogP contribution in [0.4, 0.5) is 0 Å². The van der Waals surface area contributed by atoms with Crippen LogP contribution in [0.3, 0.4) is 0 Å². The van der Waals surface area contributed by atoms with Gasteiger partial charge in [0.05, 0.1) is 5.60 Å². The number of ether oxygens (including phenoxy) is 1. The molecule has 0 bridgehead atoms. The van der Waals surface area contributed by atoms with Crippen LogP contribution in [-0.2, 0) is 4.74 Å². The van der Waals surface area contributed by atoms with Gasteiger partial charge in [-0.1, -0.05) is 19.8 Å². The molecule has 0 aromatic carbocycles. The van der Waals surface area contributed by atoms with Crippen molar-refractivity contribution in [1.82, 2.24) is 5.43 Å². The van der Waals surface area contributed by atoms with Crippen molar-refractivity contribution in [3.05, 3.63) is 0 Å². The minimum atomic E-state index is -0.0856. The van der Waals surface area contributed by atoms with Gasteiger partial charge in [0.1, 0.15) is 0 Å². The van der Waals surface area contributed by atoms with E-state index in [1.165, 1.54) is 25.7 Å². The molecule has 0 aliphatic heterocycles. The molecule has 0 radical (unpaired) electrons. The molecule has 1 saturated carbocycles. The topological polar surface area (TPSA) is 47.3 Å². The van der Waals surface area contributed by atoms with Gasteiger partial charge < -0.3 is 4.74 Å². The predicted octanol–water partition coefficient (Wildman–Crippen LogP) is 2.46. The number of hydrazine groups is 1. The Labute approximate surface area is 100 Å². The number of hydrogen-bond donors (Lipinski definition) is 2. The maximum absolute atomic E-state index is 5.71. The van der Waals surface area contributed by atoms with Crippen LogP contribution in [0.25, 0.3) is 0 Å². The van der Waals surface area contributed by atoms with Crippen molar-refractivity contribution in [2.75, 3.05) is 7.11 Å². The molecule has 0 saturated heterocycles. The molecular weight excluding hydrogens is 200 g/mol. The monoisotopic (exact) mass is 228 g/mol. The van der Waals surface area contributed by atoms with Crippen LogP contribution in [0.5, 0.6) is 0 Å². The lowest BCUT2D eigenvalue weighted by atomic mass is 9.76. The fourth-order valence-electron chi connectivity index (χ4n) is 2.82. The van der Waals surface area contributed by atoms with Crippen molar-refractivity contribution in [2.24, 2.45) is 17.7 Å². The Balaban J connectivity index is 2.52. The molecule has 3 nitrogen and oxygen atoms in total. The first-order valence-electron chi connectivity index (χ1n) is 6.50. The fourth-order valence-corrected chi connectivity index (χ4v) is 2.82. The summed E-state index contributed by atoms with van der Waals surface area (Å²) in [5.41, 5.74) is 2.92. The van der Waals surface area contributed by atoms with Crippen LogP contribution >= 0.6 is 0 Å². The maximum atomic E-state index is 5.71. The van der Waals surface area contributed by atoms with E-state index in [2.05, 4.69) is 26.2 Å². The summed E-state index contributed by atoms with van der Waals surface area (Å²) < 4.78 is 5.49. The molecule has 3 atom stereocenters. The normalized spacial score (nSPS) is 29.1. The SMILES string of the molecule is COC(C)(C)CC(NN)C1CCCC(C)C1. The van der Waals surface area contributed by atoms with Crippen molar-refractivity contribution in [3.8, 4) is 0 Å². The molecule has 3 unspecified atom stereocenters. The molecule has 3 N–H and O–H groups in total. The third-order valence-electron chi connectivity index (χ3n) is 4.02. The average Bonchev–Trinajstić information content (AvgIpc) is 2.26. The second-order valence-corrected chi connectivity index (χ2v) is 5.97. The van der Waals surface area contributed by atoms with Gasteiger partial charge in [-0.3, -0.25) is 11.3 Å². The summed E-state index contributed by atoms with van der Waals surface area (Å²) >= 11 is 0. The van der Waals surface area contributed by atoms with Crippen LogP contribution < -0.4 is 11.3 Å². The molecule has 1 rings (SSSR count). The lowest BCUT2D eigenvalue weighted by molar-refractivity contribution is -0.00183. The van der Waals surface area contributed by atoms with Crippen LogP contribution in [0.15, 0.2) is 0 Å². The van der Waals surface area contributed by atoms with Gasteiger partial charge in [0.2, 0.25) is 0 Å². The Morgan fingerprint density at radius 1 is 1.44 bits per heavy atom. The summed E-state index contributed by atoms with van der Waals surface area (Å²) in [6, 6.07) is 0.387. The van der Waals surface area contributed by atoms with Gasteiger partial charge in [0.15, 0.2) is 0 Å². The van der Waals surface area contributed by atoms with Crippen molar-refractivity contribution in [3.63, 3.8) is 0 Å². The van der Waals surface area contributed by atoms with E-state index in [-0.39, 0.29) is 5.60 Å². The molecule has 1 aliphatic carbocycles. The molecule has 3 heteroatoms. The minimum absolute atomic E-state index is 0.0856. The Bertz CT molecular complexity index is 206. The number of hydrogen-bond acceptors (Lipinski definition) is 3. The highest BCUT2D eigenvalue weighted by Crippen LogP contribution is 2.33. The molecule has 0 aromatic heterocycles. The molecule has 0 amide bonds. The Morgan fingerprint density at radius 2 is 2.12 bits per heavy atom. The maximum Gasteiger partial charge on any atom is 0.0638 e. The second-order valence-electron chi connectivity index (χ2n) is 5.97. The molecule has 1 fully saturated rings. The number of methoxy groups -OCH3 is 1. The number of nitrogens with one attached hydrogen (secondary N) is 1. The molecule has 96 valence electrons. The number of nitrogens with two attached hydrogens (primary N) is 1. The second kappa shape index (κ2) is 5.99. The van der Waals surface area contributed by atoms with Gasteiger partial charge in [0.25, 0.3) is 0 Å². The lowest BCUT2D eigenvalue weighted by Crippen LogP contribution is -2.46. The Morgan fingerprint density at radius 3 is 2.62 bits per heavy atom. The van der Waals surface area contributed by atoms with Crippen molar-refractivity contribution < 1.29 is 4.74 Å². The summed E-state index contributed by atoms with van der Waals surface area (Å²) in [7, 11) is 1.77. The van der Waals surface area contributed by atoms with Crippen molar-refractivity contribution in [2.45, 2.75) is 64.5 Å². The van der Waals surface area contributed by atoms with Crippen molar-refractivity contribution >= 4 is 0 Å². The van der Waals surface area contributed by atoms with Gasteiger partial charge in [-0.15, -0.1) is 0 Å². The molecule has 0 spiro atoms. The van der Waals surface area contributed by atoms with Gasteiger partial charge in [0, 0.05) is 13.2 Å². The van der Waals surface area contributed by atoms with E-state index in [9.17, 15) is 0 Å². The summed E-state index contributed by atoms with van der Waals surface area (Å²) in [6.07, 6.45) is 6.31. The van der Waals surface area contributed by atoms with Gasteiger partial charge >= 0.3 is 0 Å². The van der Waals surface area contributed by atoms with Gasteiger partial charge in [-0.05, 0) is 44.9 Å². The standard InChI is InChI=1S/C13H28N2O/c1-10-6-5-7-11(8-10)12(15-14)9-13(2,3)16-4/h10-12,15H,5-9,14H2,1-4H3. The molecular formula is C13H28N2O. The van der Waals surface area contributed by atoms with E-state index in [1.807, 2.05) is 0 Å². The van der Waals surface area contributed by atoms with Crippen molar-refractivity contribution in [1.29, 1.82) is 0 Å². The molecule has 0 aromatic rings. The third-order valence-corrected chi connectivity index (χ3v) is 4.02. The van der Waals surface area contributed by atoms with Crippen LogP contribution in [0, 0.1) is 11.8 Å². The Hall–Kier alpha value is -0.120. The predicted molar refractivity (Wildman–Crippen MR) is 67.9 cm³/mol. The summed E-state index contributed by atoms with van der Waals surface area (Å²) in [4.78, 5) is 0. The third kappa shape index (κ3) is 4.04. The molecule has 1 aliphatic rings.